The van der Waals surface area contributed by atoms with Gasteiger partial charge in [-0.05, 0) is 36.2 Å². The average Bonchev–Trinajstić information content (AvgIpc) is 2.60. The Morgan fingerprint density at radius 2 is 1.85 bits per heavy atom. The molecule has 2 aromatic carbocycles. The van der Waals surface area contributed by atoms with Gasteiger partial charge in [-0.2, -0.15) is 8.78 Å². The lowest BCUT2D eigenvalue weighted by atomic mass is 10.2. The third kappa shape index (κ3) is 5.01. The molecule has 8 heteroatoms. The van der Waals surface area contributed by atoms with Gasteiger partial charge in [0, 0.05) is 18.7 Å². The summed E-state index contributed by atoms with van der Waals surface area (Å²) >= 11 is 0. The highest BCUT2D eigenvalue weighted by molar-refractivity contribution is 7.91. The summed E-state index contributed by atoms with van der Waals surface area (Å²) in [6.45, 7) is 2.12. The van der Waals surface area contributed by atoms with Crippen molar-refractivity contribution in [3.05, 3.63) is 54.1 Å². The van der Waals surface area contributed by atoms with Crippen LogP contribution in [0.1, 0.15) is 25.3 Å². The SMILES string of the molecule is CCCC(=O)Nc1cccc(CNc2ccccc2S(=O)(=O)C(F)F)c1. The molecule has 0 unspecified atom stereocenters. The summed E-state index contributed by atoms with van der Waals surface area (Å²) in [5.74, 6) is -3.58. The molecule has 2 N–H and O–H groups in total. The van der Waals surface area contributed by atoms with Crippen LogP contribution in [0.5, 0.6) is 0 Å². The summed E-state index contributed by atoms with van der Waals surface area (Å²) in [5, 5.41) is 5.64. The smallest absolute Gasteiger partial charge is 0.341 e. The van der Waals surface area contributed by atoms with E-state index >= 15 is 0 Å². The predicted molar refractivity (Wildman–Crippen MR) is 96.9 cm³/mol. The van der Waals surface area contributed by atoms with Gasteiger partial charge in [0.05, 0.1) is 10.6 Å². The first-order chi connectivity index (χ1) is 12.3. The molecule has 2 rings (SSSR count). The Morgan fingerprint density at radius 3 is 2.54 bits per heavy atom. The first-order valence-corrected chi connectivity index (χ1v) is 9.63. The van der Waals surface area contributed by atoms with Gasteiger partial charge in [-0.15, -0.1) is 0 Å². The van der Waals surface area contributed by atoms with E-state index in [4.69, 9.17) is 0 Å². The van der Waals surface area contributed by atoms with Gasteiger partial charge in [-0.1, -0.05) is 31.2 Å². The van der Waals surface area contributed by atoms with Crippen molar-refractivity contribution in [2.24, 2.45) is 0 Å². The van der Waals surface area contributed by atoms with Crippen LogP contribution < -0.4 is 10.6 Å². The first-order valence-electron chi connectivity index (χ1n) is 8.08. The molecule has 2 aromatic rings. The molecule has 0 aromatic heterocycles. The lowest BCUT2D eigenvalue weighted by molar-refractivity contribution is -0.116. The number of alkyl halides is 2. The summed E-state index contributed by atoms with van der Waals surface area (Å²) < 4.78 is 49.2. The van der Waals surface area contributed by atoms with Crippen LogP contribution in [0.15, 0.2) is 53.4 Å². The zero-order valence-electron chi connectivity index (χ0n) is 14.2. The van der Waals surface area contributed by atoms with Crippen LogP contribution in [0.4, 0.5) is 20.2 Å². The van der Waals surface area contributed by atoms with Gasteiger partial charge < -0.3 is 10.6 Å². The maximum Gasteiger partial charge on any atom is 0.341 e. The Labute approximate surface area is 151 Å². The molecule has 26 heavy (non-hydrogen) atoms. The summed E-state index contributed by atoms with van der Waals surface area (Å²) in [6.07, 6.45) is 1.16. The van der Waals surface area contributed by atoms with Crippen LogP contribution in [0.2, 0.25) is 0 Å². The number of hydrogen-bond donors (Lipinski definition) is 2. The number of hydrogen-bond acceptors (Lipinski definition) is 4. The average molecular weight is 382 g/mol. The molecule has 0 aliphatic heterocycles. The van der Waals surface area contributed by atoms with Crippen LogP contribution in [0.3, 0.4) is 0 Å². The lowest BCUT2D eigenvalue weighted by Crippen LogP contribution is -2.14. The van der Waals surface area contributed by atoms with Gasteiger partial charge >= 0.3 is 5.76 Å². The van der Waals surface area contributed by atoms with E-state index in [9.17, 15) is 22.0 Å². The fourth-order valence-electron chi connectivity index (χ4n) is 2.36. The second-order valence-corrected chi connectivity index (χ2v) is 7.54. The minimum atomic E-state index is -4.70. The van der Waals surface area contributed by atoms with Gasteiger partial charge in [-0.25, -0.2) is 8.42 Å². The number of rotatable bonds is 8. The second-order valence-electron chi connectivity index (χ2n) is 5.65. The number of anilines is 2. The maximum absolute atomic E-state index is 12.8. The zero-order chi connectivity index (χ0) is 19.2. The van der Waals surface area contributed by atoms with Crippen molar-refractivity contribution in [3.63, 3.8) is 0 Å². The Balaban J connectivity index is 2.14. The predicted octanol–water partition coefficient (Wildman–Crippen LogP) is 4.03. The molecule has 0 saturated heterocycles. The van der Waals surface area contributed by atoms with Gasteiger partial charge in [0.2, 0.25) is 15.7 Å². The van der Waals surface area contributed by atoms with Crippen molar-refractivity contribution >= 4 is 27.1 Å². The molecule has 0 spiro atoms. The summed E-state index contributed by atoms with van der Waals surface area (Å²) in [6, 6.07) is 12.6. The third-order valence-corrected chi connectivity index (χ3v) is 5.04. The lowest BCUT2D eigenvalue weighted by Gasteiger charge is -2.13. The molecular weight excluding hydrogens is 362 g/mol. The molecule has 0 radical (unpaired) electrons. The number of nitrogens with one attached hydrogen (secondary N) is 2. The number of para-hydroxylation sites is 1. The van der Waals surface area contributed by atoms with Gasteiger partial charge in [-0.3, -0.25) is 4.79 Å². The highest BCUT2D eigenvalue weighted by Gasteiger charge is 2.28. The topological polar surface area (TPSA) is 75.3 Å². The minimum Gasteiger partial charge on any atom is -0.380 e. The fourth-order valence-corrected chi connectivity index (χ4v) is 3.27. The van der Waals surface area contributed by atoms with Gasteiger partial charge in [0.25, 0.3) is 0 Å². The van der Waals surface area contributed by atoms with Crippen molar-refractivity contribution in [1.29, 1.82) is 0 Å². The number of sulfone groups is 1. The van der Waals surface area contributed by atoms with Crippen LogP contribution in [-0.4, -0.2) is 20.1 Å². The van der Waals surface area contributed by atoms with Crippen molar-refractivity contribution in [1.82, 2.24) is 0 Å². The van der Waals surface area contributed by atoms with E-state index in [0.717, 1.165) is 18.1 Å². The van der Waals surface area contributed by atoms with E-state index in [1.54, 1.807) is 30.3 Å². The number of amides is 1. The molecule has 0 saturated carbocycles. The monoisotopic (exact) mass is 382 g/mol. The molecule has 1 amide bonds. The van der Waals surface area contributed by atoms with E-state index in [1.165, 1.54) is 12.1 Å². The van der Waals surface area contributed by atoms with Gasteiger partial charge in [0.15, 0.2) is 0 Å². The van der Waals surface area contributed by atoms with E-state index in [2.05, 4.69) is 10.6 Å². The standard InChI is InChI=1S/C18H20F2N2O3S/c1-2-6-17(23)22-14-8-5-7-13(11-14)12-21-15-9-3-4-10-16(15)26(24,25)18(19)20/h3-5,7-11,18,21H,2,6,12H2,1H3,(H,22,23). The highest BCUT2D eigenvalue weighted by atomic mass is 32.2. The Morgan fingerprint density at radius 1 is 1.12 bits per heavy atom. The van der Waals surface area contributed by atoms with Crippen molar-refractivity contribution in [3.8, 4) is 0 Å². The van der Waals surface area contributed by atoms with Crippen LogP contribution in [0.25, 0.3) is 0 Å². The molecule has 140 valence electrons. The summed E-state index contributed by atoms with van der Waals surface area (Å²) in [5.41, 5.74) is 1.49. The van der Waals surface area contributed by atoms with Crippen molar-refractivity contribution < 1.29 is 22.0 Å². The Kier molecular flexibility index (Phi) is 6.68. The zero-order valence-corrected chi connectivity index (χ0v) is 15.0. The van der Waals surface area contributed by atoms with Crippen molar-refractivity contribution in [2.45, 2.75) is 37.0 Å². The Bertz CT molecular complexity index is 870. The van der Waals surface area contributed by atoms with Gasteiger partial charge in [0.1, 0.15) is 0 Å². The highest BCUT2D eigenvalue weighted by Crippen LogP contribution is 2.26. The molecule has 0 atom stereocenters. The molecular formula is C18H20F2N2O3S. The molecule has 0 fully saturated rings. The van der Waals surface area contributed by atoms with Crippen LogP contribution in [0, 0.1) is 0 Å². The number of carbonyl (C=O) groups excluding carboxylic acids is 1. The van der Waals surface area contributed by atoms with E-state index in [1.807, 2.05) is 6.92 Å². The third-order valence-electron chi connectivity index (χ3n) is 3.60. The summed E-state index contributed by atoms with van der Waals surface area (Å²) in [4.78, 5) is 11.2. The molecule has 0 heterocycles. The van der Waals surface area contributed by atoms with Crippen LogP contribution in [-0.2, 0) is 21.2 Å². The van der Waals surface area contributed by atoms with Crippen LogP contribution >= 0.6 is 0 Å². The number of carbonyl (C=O) groups is 1. The first kappa shape index (κ1) is 19.8. The van der Waals surface area contributed by atoms with Crippen molar-refractivity contribution in [2.75, 3.05) is 10.6 Å². The fraction of sp³-hybridized carbons (Fsp3) is 0.278. The van der Waals surface area contributed by atoms with E-state index in [0.29, 0.717) is 12.1 Å². The number of halogens is 2. The molecule has 0 aliphatic rings. The molecule has 5 nitrogen and oxygen atoms in total. The molecule has 0 bridgehead atoms. The Hall–Kier alpha value is -2.48. The van der Waals surface area contributed by atoms with E-state index < -0.39 is 20.5 Å². The largest absolute Gasteiger partial charge is 0.380 e. The second kappa shape index (κ2) is 8.75. The maximum atomic E-state index is 12.8. The normalized spacial score (nSPS) is 11.4. The minimum absolute atomic E-state index is 0.0917. The number of benzene rings is 2. The summed E-state index contributed by atoms with van der Waals surface area (Å²) in [7, 11) is -4.70. The van der Waals surface area contributed by atoms with E-state index in [-0.39, 0.29) is 18.1 Å². The quantitative estimate of drug-likeness (QED) is 0.723. The molecule has 0 aliphatic carbocycles.